The molecule has 1 fully saturated rings. The number of nitrogens with one attached hydrogen (secondary N) is 1. The Morgan fingerprint density at radius 1 is 1.70 bits per heavy atom. The second-order valence-electron chi connectivity index (χ2n) is 2.52. The Bertz CT molecular complexity index is 145. The Kier molecular flexibility index (Phi) is 2.42. The van der Waals surface area contributed by atoms with E-state index in [-0.39, 0.29) is 11.8 Å². The molecule has 1 saturated heterocycles. The SMILES string of the molecule is O=CCCC1CCNC1=O. The average Bonchev–Trinajstić information content (AvgIpc) is 2.31. The van der Waals surface area contributed by atoms with Gasteiger partial charge in [-0.3, -0.25) is 4.79 Å². The maximum atomic E-state index is 10.9. The van der Waals surface area contributed by atoms with E-state index < -0.39 is 0 Å². The van der Waals surface area contributed by atoms with E-state index >= 15 is 0 Å². The summed E-state index contributed by atoms with van der Waals surface area (Å²) >= 11 is 0. The summed E-state index contributed by atoms with van der Waals surface area (Å²) < 4.78 is 0. The van der Waals surface area contributed by atoms with Gasteiger partial charge in [0.2, 0.25) is 5.91 Å². The predicted molar refractivity (Wildman–Crippen MR) is 36.4 cm³/mol. The van der Waals surface area contributed by atoms with Crippen LogP contribution in [-0.4, -0.2) is 18.7 Å². The third-order valence-electron chi connectivity index (χ3n) is 1.80. The molecule has 0 aromatic carbocycles. The van der Waals surface area contributed by atoms with E-state index in [1.165, 1.54) is 0 Å². The van der Waals surface area contributed by atoms with Gasteiger partial charge in [0.25, 0.3) is 0 Å². The normalized spacial score (nSPS) is 24.4. The van der Waals surface area contributed by atoms with Crippen LogP contribution in [0.5, 0.6) is 0 Å². The van der Waals surface area contributed by atoms with Crippen molar-refractivity contribution in [2.24, 2.45) is 5.92 Å². The molecule has 1 atom stereocenters. The van der Waals surface area contributed by atoms with Crippen molar-refractivity contribution in [3.05, 3.63) is 0 Å². The van der Waals surface area contributed by atoms with Gasteiger partial charge in [0, 0.05) is 18.9 Å². The van der Waals surface area contributed by atoms with Crippen LogP contribution in [0.3, 0.4) is 0 Å². The molecule has 1 heterocycles. The van der Waals surface area contributed by atoms with Crippen molar-refractivity contribution in [2.45, 2.75) is 19.3 Å². The predicted octanol–water partition coefficient (Wildman–Crippen LogP) is 0.102. The van der Waals surface area contributed by atoms with Crippen LogP contribution in [0.25, 0.3) is 0 Å². The Morgan fingerprint density at radius 3 is 3.00 bits per heavy atom. The third-order valence-corrected chi connectivity index (χ3v) is 1.80. The second kappa shape index (κ2) is 3.34. The molecule has 0 radical (unpaired) electrons. The summed E-state index contributed by atoms with van der Waals surface area (Å²) in [6.07, 6.45) is 2.99. The highest BCUT2D eigenvalue weighted by Gasteiger charge is 2.22. The molecule has 3 heteroatoms. The van der Waals surface area contributed by atoms with Crippen LogP contribution in [0.15, 0.2) is 0 Å². The van der Waals surface area contributed by atoms with E-state index in [1.807, 2.05) is 0 Å². The molecule has 1 unspecified atom stereocenters. The van der Waals surface area contributed by atoms with Gasteiger partial charge in [0.15, 0.2) is 0 Å². The standard InChI is InChI=1S/C7H11NO2/c9-5-1-2-6-3-4-8-7(6)10/h5-6H,1-4H2,(H,8,10). The zero-order chi connectivity index (χ0) is 7.40. The molecule has 3 nitrogen and oxygen atoms in total. The molecule has 56 valence electrons. The Morgan fingerprint density at radius 2 is 2.50 bits per heavy atom. The summed E-state index contributed by atoms with van der Waals surface area (Å²) in [4.78, 5) is 20.8. The Balaban J connectivity index is 2.26. The van der Waals surface area contributed by atoms with Crippen LogP contribution in [0.4, 0.5) is 0 Å². The van der Waals surface area contributed by atoms with Crippen LogP contribution in [0, 0.1) is 5.92 Å². The summed E-state index contributed by atoms with van der Waals surface area (Å²) in [7, 11) is 0. The highest BCUT2D eigenvalue weighted by molar-refractivity contribution is 5.80. The Hall–Kier alpha value is -0.860. The fraction of sp³-hybridized carbons (Fsp3) is 0.714. The third kappa shape index (κ3) is 1.56. The molecule has 0 bridgehead atoms. The number of hydrogen-bond donors (Lipinski definition) is 1. The van der Waals surface area contributed by atoms with Crippen LogP contribution >= 0.6 is 0 Å². The second-order valence-corrected chi connectivity index (χ2v) is 2.52. The van der Waals surface area contributed by atoms with Gasteiger partial charge in [-0.2, -0.15) is 0 Å². The van der Waals surface area contributed by atoms with Crippen molar-refractivity contribution < 1.29 is 9.59 Å². The number of aldehydes is 1. The largest absolute Gasteiger partial charge is 0.356 e. The molecule has 1 amide bonds. The van der Waals surface area contributed by atoms with E-state index in [9.17, 15) is 9.59 Å². The Labute approximate surface area is 59.8 Å². The van der Waals surface area contributed by atoms with Crippen molar-refractivity contribution in [3.63, 3.8) is 0 Å². The lowest BCUT2D eigenvalue weighted by atomic mass is 10.0. The molecule has 0 aromatic heterocycles. The van der Waals surface area contributed by atoms with Gasteiger partial charge in [-0.05, 0) is 12.8 Å². The van der Waals surface area contributed by atoms with Crippen molar-refractivity contribution in [2.75, 3.05) is 6.54 Å². The maximum absolute atomic E-state index is 10.9. The zero-order valence-corrected chi connectivity index (χ0v) is 5.80. The first kappa shape index (κ1) is 7.25. The minimum absolute atomic E-state index is 0.102. The summed E-state index contributed by atoms with van der Waals surface area (Å²) in [6, 6.07) is 0. The highest BCUT2D eigenvalue weighted by atomic mass is 16.2. The topological polar surface area (TPSA) is 46.2 Å². The molecule has 1 rings (SSSR count). The number of amides is 1. The molecule has 1 N–H and O–H groups in total. The molecule has 0 saturated carbocycles. The van der Waals surface area contributed by atoms with E-state index in [2.05, 4.69) is 5.32 Å². The smallest absolute Gasteiger partial charge is 0.223 e. The molecular weight excluding hydrogens is 130 g/mol. The van der Waals surface area contributed by atoms with E-state index in [4.69, 9.17) is 0 Å². The van der Waals surface area contributed by atoms with Crippen LogP contribution in [-0.2, 0) is 9.59 Å². The minimum atomic E-state index is 0.102. The van der Waals surface area contributed by atoms with Crippen molar-refractivity contribution in [3.8, 4) is 0 Å². The average molecular weight is 141 g/mol. The summed E-state index contributed by atoms with van der Waals surface area (Å²) in [6.45, 7) is 0.780. The molecule has 10 heavy (non-hydrogen) atoms. The lowest BCUT2D eigenvalue weighted by Crippen LogP contribution is -2.18. The van der Waals surface area contributed by atoms with Gasteiger partial charge in [0.1, 0.15) is 6.29 Å². The lowest BCUT2D eigenvalue weighted by molar-refractivity contribution is -0.122. The number of carbonyl (C=O) groups excluding carboxylic acids is 2. The van der Waals surface area contributed by atoms with Gasteiger partial charge >= 0.3 is 0 Å². The van der Waals surface area contributed by atoms with E-state index in [0.29, 0.717) is 6.42 Å². The molecule has 1 aliphatic heterocycles. The molecule has 0 spiro atoms. The first-order valence-electron chi connectivity index (χ1n) is 3.56. The van der Waals surface area contributed by atoms with Crippen LogP contribution < -0.4 is 5.32 Å². The van der Waals surface area contributed by atoms with Crippen molar-refractivity contribution in [1.29, 1.82) is 0 Å². The molecule has 0 aromatic rings. The quantitative estimate of drug-likeness (QED) is 0.567. The zero-order valence-electron chi connectivity index (χ0n) is 5.80. The molecule has 1 aliphatic rings. The van der Waals surface area contributed by atoms with Gasteiger partial charge in [-0.1, -0.05) is 0 Å². The van der Waals surface area contributed by atoms with E-state index in [0.717, 1.165) is 25.7 Å². The molecule has 0 aliphatic carbocycles. The van der Waals surface area contributed by atoms with Gasteiger partial charge < -0.3 is 10.1 Å². The summed E-state index contributed by atoms with van der Waals surface area (Å²) in [5.41, 5.74) is 0. The summed E-state index contributed by atoms with van der Waals surface area (Å²) in [5.74, 6) is 0.215. The lowest BCUT2D eigenvalue weighted by Gasteiger charge is -2.00. The highest BCUT2D eigenvalue weighted by Crippen LogP contribution is 2.14. The van der Waals surface area contributed by atoms with Crippen molar-refractivity contribution >= 4 is 12.2 Å². The van der Waals surface area contributed by atoms with Crippen molar-refractivity contribution in [1.82, 2.24) is 5.32 Å². The number of carbonyl (C=O) groups is 2. The maximum Gasteiger partial charge on any atom is 0.223 e. The number of rotatable bonds is 3. The molecular formula is C7H11NO2. The van der Waals surface area contributed by atoms with Gasteiger partial charge in [-0.25, -0.2) is 0 Å². The van der Waals surface area contributed by atoms with E-state index in [1.54, 1.807) is 0 Å². The fourth-order valence-corrected chi connectivity index (χ4v) is 1.19. The first-order valence-corrected chi connectivity index (χ1v) is 3.56. The first-order chi connectivity index (χ1) is 4.84. The summed E-state index contributed by atoms with van der Waals surface area (Å²) in [5, 5.41) is 2.72. The van der Waals surface area contributed by atoms with Gasteiger partial charge in [-0.15, -0.1) is 0 Å². The van der Waals surface area contributed by atoms with Crippen LogP contribution in [0.2, 0.25) is 0 Å². The monoisotopic (exact) mass is 141 g/mol. The number of hydrogen-bond acceptors (Lipinski definition) is 2. The van der Waals surface area contributed by atoms with Crippen LogP contribution in [0.1, 0.15) is 19.3 Å². The van der Waals surface area contributed by atoms with Gasteiger partial charge in [0.05, 0.1) is 0 Å². The fourth-order valence-electron chi connectivity index (χ4n) is 1.19. The minimum Gasteiger partial charge on any atom is -0.356 e.